The van der Waals surface area contributed by atoms with Gasteiger partial charge in [-0.25, -0.2) is 9.78 Å². The van der Waals surface area contributed by atoms with E-state index in [-0.39, 0.29) is 10.8 Å². The molecule has 2 nitrogen and oxygen atoms in total. The van der Waals surface area contributed by atoms with Crippen molar-refractivity contribution in [3.8, 4) is 0 Å². The minimum Gasteiger partial charge on any atom is -0.236 e. The summed E-state index contributed by atoms with van der Waals surface area (Å²) < 4.78 is 0. The first kappa shape index (κ1) is 10.2. The fraction of sp³-hybridized carbons (Fsp3) is 0.833. The van der Waals surface area contributed by atoms with E-state index in [0.717, 1.165) is 0 Å². The second-order valence-electron chi connectivity index (χ2n) is 5.40. The SMILES string of the molecule is CC(C)[C@]12C=C[C@](C)(CC1)COOC2. The molecule has 2 bridgehead atoms. The van der Waals surface area contributed by atoms with Gasteiger partial charge in [-0.3, -0.25) is 0 Å². The smallest absolute Gasteiger partial charge is 0.0915 e. The van der Waals surface area contributed by atoms with Crippen LogP contribution in [0.4, 0.5) is 0 Å². The molecule has 0 spiro atoms. The molecule has 3 rings (SSSR count). The molecule has 0 N–H and O–H groups in total. The molecule has 1 saturated heterocycles. The Labute approximate surface area is 86.2 Å². The van der Waals surface area contributed by atoms with Gasteiger partial charge < -0.3 is 0 Å². The van der Waals surface area contributed by atoms with E-state index in [2.05, 4.69) is 32.9 Å². The van der Waals surface area contributed by atoms with Crippen molar-refractivity contribution in [2.75, 3.05) is 13.2 Å². The van der Waals surface area contributed by atoms with Crippen LogP contribution in [0.1, 0.15) is 33.6 Å². The summed E-state index contributed by atoms with van der Waals surface area (Å²) in [4.78, 5) is 10.5. The van der Waals surface area contributed by atoms with Crippen LogP contribution < -0.4 is 0 Å². The van der Waals surface area contributed by atoms with Gasteiger partial charge in [0.15, 0.2) is 0 Å². The molecule has 0 unspecified atom stereocenters. The van der Waals surface area contributed by atoms with E-state index < -0.39 is 0 Å². The van der Waals surface area contributed by atoms with Crippen LogP contribution in [0.15, 0.2) is 12.2 Å². The van der Waals surface area contributed by atoms with Crippen LogP contribution in [0.3, 0.4) is 0 Å². The summed E-state index contributed by atoms with van der Waals surface area (Å²) in [6, 6.07) is 0. The van der Waals surface area contributed by atoms with Gasteiger partial charge in [-0.2, -0.15) is 0 Å². The van der Waals surface area contributed by atoms with Gasteiger partial charge in [-0.15, -0.1) is 0 Å². The molecule has 0 radical (unpaired) electrons. The summed E-state index contributed by atoms with van der Waals surface area (Å²) in [5.74, 6) is 0.616. The second kappa shape index (κ2) is 3.35. The predicted molar refractivity (Wildman–Crippen MR) is 55.7 cm³/mol. The molecular formula is C12H20O2. The first-order chi connectivity index (χ1) is 6.56. The quantitative estimate of drug-likeness (QED) is 0.474. The lowest BCUT2D eigenvalue weighted by Crippen LogP contribution is -2.40. The second-order valence-corrected chi connectivity index (χ2v) is 5.40. The van der Waals surface area contributed by atoms with Crippen LogP contribution in [-0.2, 0) is 9.78 Å². The van der Waals surface area contributed by atoms with Gasteiger partial charge >= 0.3 is 0 Å². The standard InChI is InChI=1S/C12H20O2/c1-10(2)12-6-4-11(3,5-7-12)8-13-14-9-12/h4,6,10H,5,7-9H2,1-3H3/t11-,12-/m1/s1. The summed E-state index contributed by atoms with van der Waals surface area (Å²) in [6.45, 7) is 8.16. The molecule has 2 aliphatic heterocycles. The monoisotopic (exact) mass is 196 g/mol. The average Bonchev–Trinajstić information content (AvgIpc) is 2.11. The van der Waals surface area contributed by atoms with Crippen molar-refractivity contribution < 1.29 is 9.78 Å². The summed E-state index contributed by atoms with van der Waals surface area (Å²) in [6.07, 6.45) is 7.13. The number of rotatable bonds is 1. The molecule has 80 valence electrons. The Kier molecular flexibility index (Phi) is 2.44. The zero-order chi connectivity index (χ0) is 10.2. The Morgan fingerprint density at radius 2 is 1.79 bits per heavy atom. The molecule has 0 aromatic heterocycles. The van der Waals surface area contributed by atoms with E-state index in [1.54, 1.807) is 0 Å². The minimum absolute atomic E-state index is 0.193. The van der Waals surface area contributed by atoms with Crippen LogP contribution >= 0.6 is 0 Å². The Morgan fingerprint density at radius 3 is 2.36 bits per heavy atom. The van der Waals surface area contributed by atoms with Crippen molar-refractivity contribution in [1.29, 1.82) is 0 Å². The summed E-state index contributed by atoms with van der Waals surface area (Å²) >= 11 is 0. The van der Waals surface area contributed by atoms with Gasteiger partial charge in [0.1, 0.15) is 0 Å². The van der Waals surface area contributed by atoms with Crippen molar-refractivity contribution in [3.05, 3.63) is 12.2 Å². The molecule has 0 saturated carbocycles. The molecule has 1 aliphatic carbocycles. The highest BCUT2D eigenvalue weighted by Gasteiger charge is 2.40. The lowest BCUT2D eigenvalue weighted by atomic mass is 9.65. The van der Waals surface area contributed by atoms with Gasteiger partial charge in [0, 0.05) is 10.8 Å². The molecule has 14 heavy (non-hydrogen) atoms. The Balaban J connectivity index is 2.28. The number of fused-ring (bicyclic) bond motifs is 4. The third-order valence-corrected chi connectivity index (χ3v) is 3.93. The van der Waals surface area contributed by atoms with E-state index >= 15 is 0 Å². The van der Waals surface area contributed by atoms with Gasteiger partial charge in [-0.1, -0.05) is 32.9 Å². The highest BCUT2D eigenvalue weighted by Crippen LogP contribution is 2.46. The van der Waals surface area contributed by atoms with Crippen molar-refractivity contribution in [2.24, 2.45) is 16.7 Å². The predicted octanol–water partition coefficient (Wildman–Crippen LogP) is 2.95. The summed E-state index contributed by atoms with van der Waals surface area (Å²) in [5.41, 5.74) is 0.402. The number of hydrogen-bond acceptors (Lipinski definition) is 2. The zero-order valence-electron chi connectivity index (χ0n) is 9.38. The van der Waals surface area contributed by atoms with E-state index in [1.165, 1.54) is 12.8 Å². The summed E-state index contributed by atoms with van der Waals surface area (Å²) in [5, 5.41) is 0. The zero-order valence-corrected chi connectivity index (χ0v) is 9.38. The molecule has 2 atom stereocenters. The van der Waals surface area contributed by atoms with Crippen LogP contribution in [-0.4, -0.2) is 13.2 Å². The average molecular weight is 196 g/mol. The van der Waals surface area contributed by atoms with Crippen LogP contribution in [0, 0.1) is 16.7 Å². The molecule has 0 aromatic carbocycles. The lowest BCUT2D eigenvalue weighted by Gasteiger charge is -2.44. The molecule has 0 amide bonds. The summed E-state index contributed by atoms with van der Waals surface area (Å²) in [7, 11) is 0. The van der Waals surface area contributed by atoms with Crippen molar-refractivity contribution >= 4 is 0 Å². The molecule has 0 aromatic rings. The molecular weight excluding hydrogens is 176 g/mol. The Bertz CT molecular complexity index is 247. The molecule has 3 aliphatic rings. The topological polar surface area (TPSA) is 18.5 Å². The molecule has 1 fully saturated rings. The Morgan fingerprint density at radius 1 is 1.07 bits per heavy atom. The van der Waals surface area contributed by atoms with Crippen LogP contribution in [0.5, 0.6) is 0 Å². The minimum atomic E-state index is 0.193. The molecule has 2 heteroatoms. The largest absolute Gasteiger partial charge is 0.236 e. The molecule has 2 heterocycles. The van der Waals surface area contributed by atoms with Crippen molar-refractivity contribution in [3.63, 3.8) is 0 Å². The maximum absolute atomic E-state index is 5.29. The van der Waals surface area contributed by atoms with Gasteiger partial charge in [0.25, 0.3) is 0 Å². The maximum Gasteiger partial charge on any atom is 0.0915 e. The van der Waals surface area contributed by atoms with E-state index in [0.29, 0.717) is 19.1 Å². The fourth-order valence-electron chi connectivity index (χ4n) is 2.27. The van der Waals surface area contributed by atoms with Crippen LogP contribution in [0.2, 0.25) is 0 Å². The lowest BCUT2D eigenvalue weighted by molar-refractivity contribution is -0.330. The fourth-order valence-corrected chi connectivity index (χ4v) is 2.27. The highest BCUT2D eigenvalue weighted by atomic mass is 17.2. The first-order valence-corrected chi connectivity index (χ1v) is 5.51. The van der Waals surface area contributed by atoms with E-state index in [9.17, 15) is 0 Å². The Hall–Kier alpha value is -0.340. The number of hydrogen-bond donors (Lipinski definition) is 0. The third-order valence-electron chi connectivity index (χ3n) is 3.93. The van der Waals surface area contributed by atoms with Crippen molar-refractivity contribution in [2.45, 2.75) is 33.6 Å². The van der Waals surface area contributed by atoms with E-state index in [1.807, 2.05) is 0 Å². The normalized spacial score (nSPS) is 42.6. The van der Waals surface area contributed by atoms with Gasteiger partial charge in [0.05, 0.1) is 13.2 Å². The third kappa shape index (κ3) is 1.61. The maximum atomic E-state index is 5.29. The van der Waals surface area contributed by atoms with Gasteiger partial charge in [-0.05, 0) is 18.8 Å². The van der Waals surface area contributed by atoms with Gasteiger partial charge in [0.2, 0.25) is 0 Å². The highest BCUT2D eigenvalue weighted by molar-refractivity contribution is 5.12. The van der Waals surface area contributed by atoms with Crippen LogP contribution in [0.25, 0.3) is 0 Å². The first-order valence-electron chi connectivity index (χ1n) is 5.51. The van der Waals surface area contributed by atoms with Crippen molar-refractivity contribution in [1.82, 2.24) is 0 Å². The van der Waals surface area contributed by atoms with E-state index in [4.69, 9.17) is 9.78 Å².